The molecule has 2 unspecified atom stereocenters. The van der Waals surface area contributed by atoms with Gasteiger partial charge < -0.3 is 14.8 Å². The van der Waals surface area contributed by atoms with E-state index in [9.17, 15) is 9.59 Å². The predicted octanol–water partition coefficient (Wildman–Crippen LogP) is 5.31. The Hall–Kier alpha value is -3.05. The third-order valence-corrected chi connectivity index (χ3v) is 6.12. The summed E-state index contributed by atoms with van der Waals surface area (Å²) in [5.41, 5.74) is 4.02. The highest BCUT2D eigenvalue weighted by atomic mass is 35.5. The molecule has 1 N–H and O–H groups in total. The van der Waals surface area contributed by atoms with Crippen LogP contribution >= 0.6 is 11.6 Å². The van der Waals surface area contributed by atoms with E-state index in [-0.39, 0.29) is 24.3 Å². The maximum absolute atomic E-state index is 12.9. The third-order valence-electron chi connectivity index (χ3n) is 5.87. The van der Waals surface area contributed by atoms with Crippen molar-refractivity contribution in [2.24, 2.45) is 5.92 Å². The molecule has 6 heteroatoms. The number of benzene rings is 2. The van der Waals surface area contributed by atoms with Crippen molar-refractivity contribution in [1.29, 1.82) is 0 Å². The maximum atomic E-state index is 12.9. The van der Waals surface area contributed by atoms with Crippen molar-refractivity contribution in [3.05, 3.63) is 87.7 Å². The summed E-state index contributed by atoms with van der Waals surface area (Å²) in [6.45, 7) is 4.34. The van der Waals surface area contributed by atoms with Crippen LogP contribution in [0.5, 0.6) is 5.75 Å². The number of rotatable bonds is 6. The molecule has 2 aliphatic rings. The second kappa shape index (κ2) is 9.61. The number of esters is 1. The minimum absolute atomic E-state index is 0.136. The zero-order chi connectivity index (χ0) is 22.7. The molecule has 4 rings (SSSR count). The molecule has 0 saturated heterocycles. The van der Waals surface area contributed by atoms with Crippen LogP contribution in [0.1, 0.15) is 43.7 Å². The summed E-state index contributed by atoms with van der Waals surface area (Å²) >= 11 is 5.93. The minimum atomic E-state index is -0.410. The van der Waals surface area contributed by atoms with Crippen LogP contribution in [0.3, 0.4) is 0 Å². The molecule has 2 aromatic rings. The van der Waals surface area contributed by atoms with E-state index in [2.05, 4.69) is 11.4 Å². The highest BCUT2D eigenvalue weighted by molar-refractivity contribution is 6.30. The summed E-state index contributed by atoms with van der Waals surface area (Å²) in [4.78, 5) is 25.7. The van der Waals surface area contributed by atoms with Crippen molar-refractivity contribution in [2.45, 2.75) is 39.2 Å². The molecule has 2 atom stereocenters. The lowest BCUT2D eigenvalue weighted by Gasteiger charge is -2.38. The van der Waals surface area contributed by atoms with Crippen LogP contribution in [-0.4, -0.2) is 18.4 Å². The lowest BCUT2D eigenvalue weighted by atomic mass is 9.71. The summed E-state index contributed by atoms with van der Waals surface area (Å²) in [7, 11) is 0. The van der Waals surface area contributed by atoms with Gasteiger partial charge in [0.05, 0.1) is 18.1 Å². The number of hydrogen-bond donors (Lipinski definition) is 1. The Bertz CT molecular complexity index is 1070. The molecule has 0 aromatic heterocycles. The van der Waals surface area contributed by atoms with E-state index in [4.69, 9.17) is 21.1 Å². The van der Waals surface area contributed by atoms with Crippen LogP contribution in [0.4, 0.5) is 0 Å². The Morgan fingerprint density at radius 3 is 2.50 bits per heavy atom. The molecule has 1 aliphatic carbocycles. The molecule has 0 spiro atoms. The number of ether oxygens (including phenoxy) is 2. The fraction of sp³-hybridized carbons (Fsp3) is 0.308. The Morgan fingerprint density at radius 1 is 1.09 bits per heavy atom. The van der Waals surface area contributed by atoms with Gasteiger partial charge in [-0.3, -0.25) is 4.79 Å². The average Bonchev–Trinajstić information content (AvgIpc) is 2.78. The number of ketones is 1. The lowest BCUT2D eigenvalue weighted by Crippen LogP contribution is -2.40. The van der Waals surface area contributed by atoms with Gasteiger partial charge in [0.2, 0.25) is 0 Å². The first-order valence-electron chi connectivity index (χ1n) is 10.8. The molecule has 0 amide bonds. The molecule has 1 heterocycles. The van der Waals surface area contributed by atoms with Gasteiger partial charge >= 0.3 is 5.97 Å². The van der Waals surface area contributed by atoms with Crippen LogP contribution in [0, 0.1) is 5.92 Å². The van der Waals surface area contributed by atoms with Crippen LogP contribution in [-0.2, 0) is 20.9 Å². The number of nitrogens with one attached hydrogen (secondary N) is 1. The summed E-state index contributed by atoms with van der Waals surface area (Å²) < 4.78 is 11.2. The minimum Gasteiger partial charge on any atom is -0.489 e. The fourth-order valence-corrected chi connectivity index (χ4v) is 4.50. The summed E-state index contributed by atoms with van der Waals surface area (Å²) in [5.74, 6) is -0.338. The summed E-state index contributed by atoms with van der Waals surface area (Å²) in [6.07, 6.45) is 3.25. The standard InChI is InChI=1S/C26H26ClNO4/c1-3-31-26(30)23-16(2)28-21-5-4-6-22(29)25(21)24(23)18-9-13-20(14-10-18)32-15-17-7-11-19(27)12-8-17/h5,7-14,24-25,28H,3-4,6,15H2,1-2H3. The van der Waals surface area contributed by atoms with Crippen LogP contribution < -0.4 is 10.1 Å². The fourth-order valence-electron chi connectivity index (χ4n) is 4.37. The van der Waals surface area contributed by atoms with Gasteiger partial charge in [0.1, 0.15) is 18.1 Å². The molecule has 0 radical (unpaired) electrons. The van der Waals surface area contributed by atoms with Crippen LogP contribution in [0.15, 0.2) is 71.6 Å². The third kappa shape index (κ3) is 4.58. The molecule has 32 heavy (non-hydrogen) atoms. The monoisotopic (exact) mass is 451 g/mol. The molecule has 166 valence electrons. The number of Topliss-reactive ketones (excluding diaryl/α,β-unsaturated/α-hetero) is 1. The first-order valence-corrected chi connectivity index (χ1v) is 11.2. The highest BCUT2D eigenvalue weighted by Crippen LogP contribution is 2.44. The predicted molar refractivity (Wildman–Crippen MR) is 123 cm³/mol. The number of fused-ring (bicyclic) bond motifs is 1. The van der Waals surface area contributed by atoms with Crippen molar-refractivity contribution >= 4 is 23.4 Å². The van der Waals surface area contributed by atoms with E-state index in [1.807, 2.05) is 55.5 Å². The van der Waals surface area contributed by atoms with Crippen molar-refractivity contribution in [3.63, 3.8) is 0 Å². The lowest BCUT2D eigenvalue weighted by molar-refractivity contribution is -0.139. The maximum Gasteiger partial charge on any atom is 0.336 e. The highest BCUT2D eigenvalue weighted by Gasteiger charge is 2.43. The van der Waals surface area contributed by atoms with E-state index < -0.39 is 5.92 Å². The quantitative estimate of drug-likeness (QED) is 0.603. The molecular weight excluding hydrogens is 426 g/mol. The molecule has 1 aliphatic heterocycles. The van der Waals surface area contributed by atoms with Gasteiger partial charge in [-0.1, -0.05) is 41.9 Å². The molecule has 0 saturated carbocycles. The summed E-state index contributed by atoms with van der Waals surface area (Å²) in [6, 6.07) is 15.1. The molecule has 0 fully saturated rings. The molecular formula is C26H26ClNO4. The van der Waals surface area contributed by atoms with E-state index in [0.717, 1.165) is 22.5 Å². The van der Waals surface area contributed by atoms with E-state index >= 15 is 0 Å². The van der Waals surface area contributed by atoms with E-state index in [0.29, 0.717) is 35.8 Å². The molecule has 2 aromatic carbocycles. The zero-order valence-electron chi connectivity index (χ0n) is 18.2. The zero-order valence-corrected chi connectivity index (χ0v) is 18.9. The number of allylic oxidation sites excluding steroid dienone is 3. The van der Waals surface area contributed by atoms with Gasteiger partial charge in [-0.05, 0) is 55.7 Å². The van der Waals surface area contributed by atoms with Crippen LogP contribution in [0.2, 0.25) is 5.02 Å². The smallest absolute Gasteiger partial charge is 0.336 e. The second-order valence-corrected chi connectivity index (χ2v) is 8.42. The van der Waals surface area contributed by atoms with Crippen molar-refractivity contribution < 1.29 is 19.1 Å². The number of halogens is 1. The topological polar surface area (TPSA) is 64.6 Å². The Kier molecular flexibility index (Phi) is 6.66. The van der Waals surface area contributed by atoms with E-state index in [1.165, 1.54) is 0 Å². The summed E-state index contributed by atoms with van der Waals surface area (Å²) in [5, 5.41) is 3.96. The normalized spacial score (nSPS) is 20.2. The second-order valence-electron chi connectivity index (χ2n) is 7.99. The first kappa shape index (κ1) is 22.2. The average molecular weight is 452 g/mol. The Labute approximate surface area is 193 Å². The van der Waals surface area contributed by atoms with Gasteiger partial charge in [0, 0.05) is 28.8 Å². The largest absolute Gasteiger partial charge is 0.489 e. The first-order chi connectivity index (χ1) is 15.5. The number of hydrogen-bond acceptors (Lipinski definition) is 5. The Balaban J connectivity index is 1.62. The number of carbonyl (C=O) groups excluding carboxylic acids is 2. The van der Waals surface area contributed by atoms with Gasteiger partial charge in [-0.2, -0.15) is 0 Å². The molecule has 0 bridgehead atoms. The van der Waals surface area contributed by atoms with Crippen molar-refractivity contribution in [2.75, 3.05) is 6.61 Å². The van der Waals surface area contributed by atoms with E-state index in [1.54, 1.807) is 6.92 Å². The van der Waals surface area contributed by atoms with Gasteiger partial charge in [0.25, 0.3) is 0 Å². The van der Waals surface area contributed by atoms with Crippen molar-refractivity contribution in [1.82, 2.24) is 5.32 Å². The Morgan fingerprint density at radius 2 is 1.81 bits per heavy atom. The van der Waals surface area contributed by atoms with Crippen molar-refractivity contribution in [3.8, 4) is 5.75 Å². The van der Waals surface area contributed by atoms with Gasteiger partial charge in [-0.25, -0.2) is 4.79 Å². The SMILES string of the molecule is CCOC(=O)C1=C(C)NC2=CCCC(=O)C2C1c1ccc(OCc2ccc(Cl)cc2)cc1. The molecule has 5 nitrogen and oxygen atoms in total. The van der Waals surface area contributed by atoms with Gasteiger partial charge in [-0.15, -0.1) is 0 Å². The number of carbonyl (C=O) groups is 2. The van der Waals surface area contributed by atoms with Crippen LogP contribution in [0.25, 0.3) is 0 Å². The van der Waals surface area contributed by atoms with Gasteiger partial charge in [0.15, 0.2) is 0 Å².